The number of fused-ring (bicyclic) bond motifs is 2. The second kappa shape index (κ2) is 8.09. The Bertz CT molecular complexity index is 546. The third kappa shape index (κ3) is 4.23. The van der Waals surface area contributed by atoms with E-state index in [1.165, 1.54) is 5.56 Å². The van der Waals surface area contributed by atoms with Crippen LogP contribution in [-0.4, -0.2) is 41.9 Å². The van der Waals surface area contributed by atoms with Crippen molar-refractivity contribution in [1.82, 2.24) is 10.2 Å². The van der Waals surface area contributed by atoms with Gasteiger partial charge < -0.3 is 0 Å². The van der Waals surface area contributed by atoms with E-state index >= 15 is 0 Å². The summed E-state index contributed by atoms with van der Waals surface area (Å²) in [5.74, 6) is 0.411. The highest BCUT2D eigenvalue weighted by molar-refractivity contribution is 5.89. The van der Waals surface area contributed by atoms with Gasteiger partial charge in [-0.1, -0.05) is 49.4 Å². The first-order valence-electron chi connectivity index (χ1n) is 8.47. The first kappa shape index (κ1) is 18.2. The second-order valence-corrected chi connectivity index (χ2v) is 6.64. The maximum atomic E-state index is 12.5. The van der Waals surface area contributed by atoms with E-state index < -0.39 is 0 Å². The highest BCUT2D eigenvalue weighted by atomic mass is 35.5. The van der Waals surface area contributed by atoms with E-state index in [1.807, 2.05) is 6.07 Å². The normalized spacial score (nSPS) is 27.1. The van der Waals surface area contributed by atoms with Gasteiger partial charge in [0.05, 0.1) is 5.54 Å². The predicted octanol–water partition coefficient (Wildman–Crippen LogP) is 3.30. The van der Waals surface area contributed by atoms with Gasteiger partial charge in [-0.05, 0) is 24.8 Å². The quantitative estimate of drug-likeness (QED) is 0.866. The van der Waals surface area contributed by atoms with Crippen LogP contribution in [0.3, 0.4) is 0 Å². The summed E-state index contributed by atoms with van der Waals surface area (Å²) in [5, 5.41) is 3.61. The van der Waals surface area contributed by atoms with Gasteiger partial charge >= 0.3 is 0 Å². The zero-order valence-corrected chi connectivity index (χ0v) is 14.6. The van der Waals surface area contributed by atoms with E-state index in [0.29, 0.717) is 18.2 Å². The summed E-state index contributed by atoms with van der Waals surface area (Å²) in [6.07, 6.45) is 8.18. The molecule has 1 N–H and O–H groups in total. The lowest BCUT2D eigenvalue weighted by molar-refractivity contribution is -0.126. The Kier molecular flexibility index (Phi) is 6.40. The fourth-order valence-corrected chi connectivity index (χ4v) is 3.79. The monoisotopic (exact) mass is 334 g/mol. The maximum Gasteiger partial charge on any atom is 0.154 e. The molecule has 0 radical (unpaired) electrons. The second-order valence-electron chi connectivity index (χ2n) is 6.64. The van der Waals surface area contributed by atoms with Gasteiger partial charge in [0.2, 0.25) is 0 Å². The van der Waals surface area contributed by atoms with Crippen LogP contribution in [0.5, 0.6) is 0 Å². The zero-order chi connectivity index (χ0) is 15.4. The molecule has 2 heterocycles. The fraction of sp³-hybridized carbons (Fsp3) is 0.526. The summed E-state index contributed by atoms with van der Waals surface area (Å²) < 4.78 is 0. The summed E-state index contributed by atoms with van der Waals surface area (Å²) in [4.78, 5) is 14.9. The van der Waals surface area contributed by atoms with Crippen LogP contribution >= 0.6 is 12.4 Å². The van der Waals surface area contributed by atoms with E-state index in [2.05, 4.69) is 53.6 Å². The SMILES string of the molecule is CCCC(=O)C12CCC(CN(CC=Cc3ccccc3)C1)N2.Cl. The van der Waals surface area contributed by atoms with E-state index in [-0.39, 0.29) is 17.9 Å². The van der Waals surface area contributed by atoms with E-state index in [0.717, 1.165) is 38.9 Å². The molecular weight excluding hydrogens is 308 g/mol. The third-order valence-electron chi connectivity index (χ3n) is 4.86. The number of hydrogen-bond donors (Lipinski definition) is 1. The van der Waals surface area contributed by atoms with Gasteiger partial charge in [-0.25, -0.2) is 0 Å². The van der Waals surface area contributed by atoms with Gasteiger partial charge in [0.1, 0.15) is 0 Å². The molecule has 3 nitrogen and oxygen atoms in total. The molecule has 0 amide bonds. The molecule has 4 heteroatoms. The zero-order valence-electron chi connectivity index (χ0n) is 13.8. The van der Waals surface area contributed by atoms with Gasteiger partial charge in [0.25, 0.3) is 0 Å². The minimum Gasteiger partial charge on any atom is -0.300 e. The van der Waals surface area contributed by atoms with E-state index in [4.69, 9.17) is 0 Å². The summed E-state index contributed by atoms with van der Waals surface area (Å²) in [6, 6.07) is 10.9. The Labute approximate surface area is 145 Å². The minimum absolute atomic E-state index is 0. The van der Waals surface area contributed by atoms with Gasteiger partial charge in [-0.15, -0.1) is 12.4 Å². The van der Waals surface area contributed by atoms with Crippen molar-refractivity contribution in [3.8, 4) is 0 Å². The van der Waals surface area contributed by atoms with Crippen molar-refractivity contribution in [1.29, 1.82) is 0 Å². The molecular formula is C19H27ClN2O. The van der Waals surface area contributed by atoms with Crippen molar-refractivity contribution in [3.05, 3.63) is 42.0 Å². The van der Waals surface area contributed by atoms with Crippen molar-refractivity contribution in [3.63, 3.8) is 0 Å². The van der Waals surface area contributed by atoms with Crippen LogP contribution in [0.25, 0.3) is 6.08 Å². The lowest BCUT2D eigenvalue weighted by Gasteiger charge is -2.40. The first-order valence-corrected chi connectivity index (χ1v) is 8.47. The van der Waals surface area contributed by atoms with E-state index in [1.54, 1.807) is 0 Å². The molecule has 2 aliphatic heterocycles. The number of benzene rings is 1. The van der Waals surface area contributed by atoms with Crippen LogP contribution in [-0.2, 0) is 4.79 Å². The number of ketones is 1. The van der Waals surface area contributed by atoms with Crippen LogP contribution in [0.15, 0.2) is 36.4 Å². The largest absolute Gasteiger partial charge is 0.300 e. The van der Waals surface area contributed by atoms with Crippen LogP contribution in [0, 0.1) is 0 Å². The smallest absolute Gasteiger partial charge is 0.154 e. The number of Topliss-reactive ketones (excluding diaryl/α,β-unsaturated/α-hetero) is 1. The van der Waals surface area contributed by atoms with Crippen LogP contribution in [0.1, 0.15) is 38.2 Å². The predicted molar refractivity (Wildman–Crippen MR) is 98.0 cm³/mol. The fourth-order valence-electron chi connectivity index (χ4n) is 3.79. The number of carbonyl (C=O) groups is 1. The number of piperazine rings is 1. The lowest BCUT2D eigenvalue weighted by atomic mass is 9.89. The number of nitrogens with one attached hydrogen (secondary N) is 1. The molecule has 126 valence electrons. The summed E-state index contributed by atoms with van der Waals surface area (Å²) in [5.41, 5.74) is 0.969. The van der Waals surface area contributed by atoms with Crippen LogP contribution in [0.4, 0.5) is 0 Å². The third-order valence-corrected chi connectivity index (χ3v) is 4.86. The molecule has 1 aromatic carbocycles. The molecule has 0 aromatic heterocycles. The number of carbonyl (C=O) groups excluding carboxylic acids is 1. The molecule has 2 aliphatic rings. The van der Waals surface area contributed by atoms with Gasteiger partial charge in [0, 0.05) is 32.1 Å². The molecule has 2 fully saturated rings. The number of rotatable bonds is 6. The van der Waals surface area contributed by atoms with Crippen molar-refractivity contribution < 1.29 is 4.79 Å². The Morgan fingerprint density at radius 2 is 2.17 bits per heavy atom. The van der Waals surface area contributed by atoms with Crippen molar-refractivity contribution in [2.45, 2.75) is 44.2 Å². The van der Waals surface area contributed by atoms with Crippen LogP contribution < -0.4 is 5.32 Å². The van der Waals surface area contributed by atoms with Crippen molar-refractivity contribution in [2.24, 2.45) is 0 Å². The molecule has 3 rings (SSSR count). The Hall–Kier alpha value is -1.16. The molecule has 2 atom stereocenters. The summed E-state index contributed by atoms with van der Waals surface area (Å²) in [7, 11) is 0. The molecule has 0 aliphatic carbocycles. The van der Waals surface area contributed by atoms with E-state index in [9.17, 15) is 4.79 Å². The van der Waals surface area contributed by atoms with Gasteiger partial charge in [-0.2, -0.15) is 0 Å². The topological polar surface area (TPSA) is 32.3 Å². The highest BCUT2D eigenvalue weighted by Crippen LogP contribution is 2.31. The lowest BCUT2D eigenvalue weighted by Crippen LogP contribution is -2.63. The Balaban J connectivity index is 0.00000192. The Morgan fingerprint density at radius 1 is 1.39 bits per heavy atom. The number of nitrogens with zero attached hydrogens (tertiary/aromatic N) is 1. The molecule has 1 aromatic rings. The average molecular weight is 335 g/mol. The number of likely N-dealkylation sites (tertiary alicyclic amines) is 1. The molecule has 2 unspecified atom stereocenters. The maximum absolute atomic E-state index is 12.5. The first-order chi connectivity index (χ1) is 10.7. The minimum atomic E-state index is -0.264. The van der Waals surface area contributed by atoms with Crippen molar-refractivity contribution >= 4 is 24.3 Å². The molecule has 0 saturated carbocycles. The molecule has 2 bridgehead atoms. The summed E-state index contributed by atoms with van der Waals surface area (Å²) >= 11 is 0. The average Bonchev–Trinajstić information content (AvgIpc) is 2.85. The Morgan fingerprint density at radius 3 is 2.91 bits per heavy atom. The van der Waals surface area contributed by atoms with Crippen LogP contribution in [0.2, 0.25) is 0 Å². The molecule has 0 spiro atoms. The standard InChI is InChI=1S/C19H26N2O.ClH/c1-2-7-18(22)19-12-11-17(20-19)14-21(15-19)13-6-10-16-8-4-3-5-9-16;/h3-6,8-10,17,20H,2,7,11-15H2,1H3;1H. The van der Waals surface area contributed by atoms with Gasteiger partial charge in [-0.3, -0.25) is 15.0 Å². The molecule has 23 heavy (non-hydrogen) atoms. The molecule has 2 saturated heterocycles. The van der Waals surface area contributed by atoms with Gasteiger partial charge in [0.15, 0.2) is 5.78 Å². The summed E-state index contributed by atoms with van der Waals surface area (Å²) in [6.45, 7) is 4.93. The highest BCUT2D eigenvalue weighted by Gasteiger charge is 2.48. The number of halogens is 1. The van der Waals surface area contributed by atoms with Crippen molar-refractivity contribution in [2.75, 3.05) is 19.6 Å². The number of hydrogen-bond acceptors (Lipinski definition) is 3.